The second-order valence-electron chi connectivity index (χ2n) is 5.60. The molecule has 0 saturated carbocycles. The average Bonchev–Trinajstić information content (AvgIpc) is 2.52. The molecule has 2 N–H and O–H groups in total. The number of anilines is 2. The van der Waals surface area contributed by atoms with Crippen LogP contribution in [0, 0.1) is 5.82 Å². The summed E-state index contributed by atoms with van der Waals surface area (Å²) in [5, 5.41) is 12.2. The lowest BCUT2D eigenvalue weighted by molar-refractivity contribution is 0.0693. The first-order valence-electron chi connectivity index (χ1n) is 7.99. The van der Waals surface area contributed by atoms with Crippen LogP contribution >= 0.6 is 0 Å². The molecule has 4 heteroatoms. The van der Waals surface area contributed by atoms with Gasteiger partial charge in [-0.1, -0.05) is 44.4 Å². The number of carboxylic acid groups (broad SMARTS) is 1. The third kappa shape index (κ3) is 4.81. The Morgan fingerprint density at radius 1 is 1.13 bits per heavy atom. The number of hydrogen-bond donors (Lipinski definition) is 2. The smallest absolute Gasteiger partial charge is 0.340 e. The largest absolute Gasteiger partial charge is 0.478 e. The number of hydrogen-bond acceptors (Lipinski definition) is 2. The number of nitrogens with one attached hydrogen (secondary N) is 1. The highest BCUT2D eigenvalue weighted by Gasteiger charge is 2.15. The van der Waals surface area contributed by atoms with Crippen LogP contribution < -0.4 is 5.32 Å². The van der Waals surface area contributed by atoms with Gasteiger partial charge >= 0.3 is 5.97 Å². The number of aryl methyl sites for hydroxylation is 1. The van der Waals surface area contributed by atoms with Gasteiger partial charge in [0.2, 0.25) is 0 Å². The summed E-state index contributed by atoms with van der Waals surface area (Å²) in [4.78, 5) is 11.2. The van der Waals surface area contributed by atoms with Crippen molar-refractivity contribution in [1.82, 2.24) is 0 Å². The predicted molar refractivity (Wildman–Crippen MR) is 90.9 cm³/mol. The first-order valence-corrected chi connectivity index (χ1v) is 7.99. The van der Waals surface area contributed by atoms with Gasteiger partial charge in [0, 0.05) is 5.69 Å². The summed E-state index contributed by atoms with van der Waals surface area (Å²) in [5.74, 6) is -2.01. The van der Waals surface area contributed by atoms with Crippen LogP contribution in [0.25, 0.3) is 0 Å². The lowest BCUT2D eigenvalue weighted by Gasteiger charge is -2.11. The molecule has 122 valence electrons. The van der Waals surface area contributed by atoms with Crippen LogP contribution in [0.3, 0.4) is 0 Å². The van der Waals surface area contributed by atoms with Gasteiger partial charge in [0.1, 0.15) is 11.4 Å². The van der Waals surface area contributed by atoms with Crippen LogP contribution in [-0.2, 0) is 6.42 Å². The molecule has 23 heavy (non-hydrogen) atoms. The molecule has 0 saturated heterocycles. The summed E-state index contributed by atoms with van der Waals surface area (Å²) in [6.45, 7) is 2.18. The number of carbonyl (C=O) groups is 1. The maximum Gasteiger partial charge on any atom is 0.340 e. The molecular weight excluding hydrogens is 293 g/mol. The lowest BCUT2D eigenvalue weighted by Crippen LogP contribution is -2.05. The van der Waals surface area contributed by atoms with Gasteiger partial charge in [0.25, 0.3) is 0 Å². The maximum absolute atomic E-state index is 13.7. The molecule has 2 aromatic rings. The molecule has 0 aliphatic rings. The molecule has 0 heterocycles. The van der Waals surface area contributed by atoms with Crippen molar-refractivity contribution in [3.8, 4) is 0 Å². The van der Waals surface area contributed by atoms with Crippen molar-refractivity contribution in [2.75, 3.05) is 5.32 Å². The Kier molecular flexibility index (Phi) is 6.15. The van der Waals surface area contributed by atoms with Crippen molar-refractivity contribution < 1.29 is 14.3 Å². The monoisotopic (exact) mass is 315 g/mol. The fraction of sp³-hybridized carbons (Fsp3) is 0.316. The number of benzene rings is 2. The SMILES string of the molecule is CCCCCCc1cccc(Nc2cccc(F)c2C(=O)O)c1. The number of aromatic carboxylic acids is 1. The van der Waals surface area contributed by atoms with E-state index in [0.717, 1.165) is 24.6 Å². The fourth-order valence-electron chi connectivity index (χ4n) is 2.56. The predicted octanol–water partition coefficient (Wildman–Crippen LogP) is 5.39. The summed E-state index contributed by atoms with van der Waals surface area (Å²) in [5.41, 5.74) is 1.90. The second-order valence-corrected chi connectivity index (χ2v) is 5.60. The van der Waals surface area contributed by atoms with Gasteiger partial charge < -0.3 is 10.4 Å². The van der Waals surface area contributed by atoms with E-state index in [1.165, 1.54) is 30.9 Å². The Hall–Kier alpha value is -2.36. The Bertz CT molecular complexity index is 670. The number of halogens is 1. The van der Waals surface area contributed by atoms with E-state index in [1.54, 1.807) is 6.07 Å². The van der Waals surface area contributed by atoms with Crippen LogP contribution in [0.5, 0.6) is 0 Å². The van der Waals surface area contributed by atoms with E-state index in [1.807, 2.05) is 18.2 Å². The normalized spacial score (nSPS) is 10.5. The van der Waals surface area contributed by atoms with Gasteiger partial charge in [-0.3, -0.25) is 0 Å². The number of carboxylic acids is 1. The fourth-order valence-corrected chi connectivity index (χ4v) is 2.56. The van der Waals surface area contributed by atoms with Crippen molar-refractivity contribution in [2.24, 2.45) is 0 Å². The van der Waals surface area contributed by atoms with Gasteiger partial charge in [-0.15, -0.1) is 0 Å². The topological polar surface area (TPSA) is 49.3 Å². The molecule has 0 atom stereocenters. The Morgan fingerprint density at radius 3 is 2.65 bits per heavy atom. The van der Waals surface area contributed by atoms with Gasteiger partial charge in [0.15, 0.2) is 0 Å². The minimum Gasteiger partial charge on any atom is -0.478 e. The molecular formula is C19H22FNO2. The minimum absolute atomic E-state index is 0.264. The van der Waals surface area contributed by atoms with Crippen LogP contribution in [0.4, 0.5) is 15.8 Å². The average molecular weight is 315 g/mol. The summed E-state index contributed by atoms with van der Waals surface area (Å²) >= 11 is 0. The van der Waals surface area contributed by atoms with E-state index < -0.39 is 11.8 Å². The molecule has 2 aromatic carbocycles. The Balaban J connectivity index is 2.12. The third-order valence-electron chi connectivity index (χ3n) is 3.75. The Morgan fingerprint density at radius 2 is 1.91 bits per heavy atom. The Labute approximate surface area is 136 Å². The van der Waals surface area contributed by atoms with Crippen molar-refractivity contribution in [3.63, 3.8) is 0 Å². The molecule has 0 amide bonds. The molecule has 0 aromatic heterocycles. The molecule has 0 radical (unpaired) electrons. The molecule has 0 spiro atoms. The molecule has 2 rings (SSSR count). The van der Waals surface area contributed by atoms with E-state index in [0.29, 0.717) is 0 Å². The third-order valence-corrected chi connectivity index (χ3v) is 3.75. The molecule has 0 aliphatic carbocycles. The maximum atomic E-state index is 13.7. The van der Waals surface area contributed by atoms with Gasteiger partial charge in [-0.2, -0.15) is 0 Å². The van der Waals surface area contributed by atoms with Crippen molar-refractivity contribution in [2.45, 2.75) is 39.0 Å². The van der Waals surface area contributed by atoms with Crippen LogP contribution in [-0.4, -0.2) is 11.1 Å². The summed E-state index contributed by atoms with van der Waals surface area (Å²) in [6.07, 6.45) is 5.78. The van der Waals surface area contributed by atoms with Crippen LogP contribution in [0.2, 0.25) is 0 Å². The van der Waals surface area contributed by atoms with E-state index in [-0.39, 0.29) is 11.3 Å². The van der Waals surface area contributed by atoms with Gasteiger partial charge in [0.05, 0.1) is 5.69 Å². The number of rotatable bonds is 8. The zero-order valence-corrected chi connectivity index (χ0v) is 13.3. The minimum atomic E-state index is -1.28. The number of unbranched alkanes of at least 4 members (excludes halogenated alkanes) is 3. The van der Waals surface area contributed by atoms with Crippen LogP contribution in [0.15, 0.2) is 42.5 Å². The molecule has 0 bridgehead atoms. The van der Waals surface area contributed by atoms with Gasteiger partial charge in [-0.25, -0.2) is 9.18 Å². The van der Waals surface area contributed by atoms with E-state index in [2.05, 4.69) is 18.3 Å². The standard InChI is InChI=1S/C19H22FNO2/c1-2-3-4-5-8-14-9-6-10-15(13-14)21-17-12-7-11-16(20)18(17)19(22)23/h6-7,9-13,21H,2-5,8H2,1H3,(H,22,23). The van der Waals surface area contributed by atoms with Crippen molar-refractivity contribution in [3.05, 3.63) is 59.4 Å². The second kappa shape index (κ2) is 8.32. The highest BCUT2D eigenvalue weighted by molar-refractivity contribution is 5.95. The first-order chi connectivity index (χ1) is 11.1. The molecule has 3 nitrogen and oxygen atoms in total. The van der Waals surface area contributed by atoms with Crippen molar-refractivity contribution in [1.29, 1.82) is 0 Å². The summed E-state index contributed by atoms with van der Waals surface area (Å²) in [6, 6.07) is 12.0. The van der Waals surface area contributed by atoms with Crippen LogP contribution in [0.1, 0.15) is 48.5 Å². The summed E-state index contributed by atoms with van der Waals surface area (Å²) in [7, 11) is 0. The first kappa shape index (κ1) is 17.0. The molecule has 0 unspecified atom stereocenters. The zero-order chi connectivity index (χ0) is 16.7. The highest BCUT2D eigenvalue weighted by Crippen LogP contribution is 2.24. The molecule has 0 aliphatic heterocycles. The summed E-state index contributed by atoms with van der Waals surface area (Å²) < 4.78 is 13.7. The van der Waals surface area contributed by atoms with E-state index in [9.17, 15) is 9.18 Å². The van der Waals surface area contributed by atoms with E-state index >= 15 is 0 Å². The van der Waals surface area contributed by atoms with Gasteiger partial charge in [-0.05, 0) is 42.7 Å². The molecule has 0 fully saturated rings. The zero-order valence-electron chi connectivity index (χ0n) is 13.3. The lowest BCUT2D eigenvalue weighted by atomic mass is 10.1. The quantitative estimate of drug-likeness (QED) is 0.642. The van der Waals surface area contributed by atoms with E-state index in [4.69, 9.17) is 5.11 Å². The van der Waals surface area contributed by atoms with Crippen molar-refractivity contribution >= 4 is 17.3 Å². The highest BCUT2D eigenvalue weighted by atomic mass is 19.1.